The van der Waals surface area contributed by atoms with Crippen molar-refractivity contribution in [1.82, 2.24) is 5.32 Å². The number of nitrogens with one attached hydrogen (secondary N) is 2. The molecule has 0 saturated carbocycles. The highest BCUT2D eigenvalue weighted by molar-refractivity contribution is 7.92. The summed E-state index contributed by atoms with van der Waals surface area (Å²) in [6, 6.07) is 15.1. The maximum Gasteiger partial charge on any atom is 0.229 e. The van der Waals surface area contributed by atoms with E-state index in [1.165, 1.54) is 0 Å². The number of hydrogen-bond donors (Lipinski definition) is 3. The summed E-state index contributed by atoms with van der Waals surface area (Å²) in [5.74, 6) is 0.445. The van der Waals surface area contributed by atoms with Crippen LogP contribution in [0, 0.1) is 0 Å². The minimum atomic E-state index is -3.40. The Morgan fingerprint density at radius 3 is 2.69 bits per heavy atom. The van der Waals surface area contributed by atoms with Gasteiger partial charge >= 0.3 is 0 Å². The topological polar surface area (TPSA) is 114 Å². The average Bonchev–Trinajstić information content (AvgIpc) is 3.11. The fraction of sp³-hybridized carbons (Fsp3) is 0.435. The van der Waals surface area contributed by atoms with Gasteiger partial charge in [-0.05, 0) is 36.6 Å². The van der Waals surface area contributed by atoms with Gasteiger partial charge in [0.2, 0.25) is 15.9 Å². The molecule has 9 heteroatoms. The zero-order chi connectivity index (χ0) is 22.7. The van der Waals surface area contributed by atoms with Crippen molar-refractivity contribution in [3.63, 3.8) is 0 Å². The summed E-state index contributed by atoms with van der Waals surface area (Å²) in [7, 11) is -3.40. The molecule has 2 aromatic carbocycles. The first-order valence-electron chi connectivity index (χ1n) is 10.7. The highest BCUT2D eigenvalue weighted by Gasteiger charge is 2.46. The second kappa shape index (κ2) is 9.48. The van der Waals surface area contributed by atoms with Gasteiger partial charge in [0.25, 0.3) is 0 Å². The molecule has 4 rings (SSSR count). The van der Waals surface area contributed by atoms with E-state index in [2.05, 4.69) is 10.0 Å². The normalized spacial score (nSPS) is 24.2. The van der Waals surface area contributed by atoms with E-state index in [9.17, 15) is 18.3 Å². The number of aliphatic hydroxyl groups is 1. The number of hydrogen-bond acceptors (Lipinski definition) is 6. The SMILES string of the molecule is CS(=O)(=O)Nc1ccc2c(c1)[C@H]1C[C@@H](CC(=O)NCCc3ccccc3)O[C@H](CO)[C@H]1O2. The van der Waals surface area contributed by atoms with Crippen LogP contribution in [0.25, 0.3) is 0 Å². The summed E-state index contributed by atoms with van der Waals surface area (Å²) in [6.45, 7) is 0.313. The summed E-state index contributed by atoms with van der Waals surface area (Å²) in [5.41, 5.74) is 2.47. The van der Waals surface area contributed by atoms with Crippen LogP contribution in [0.4, 0.5) is 5.69 Å². The third-order valence-electron chi connectivity index (χ3n) is 5.79. The van der Waals surface area contributed by atoms with Crippen molar-refractivity contribution in [3.8, 4) is 5.75 Å². The maximum atomic E-state index is 12.5. The quantitative estimate of drug-likeness (QED) is 0.554. The number of aliphatic hydroxyl groups excluding tert-OH is 1. The smallest absolute Gasteiger partial charge is 0.229 e. The van der Waals surface area contributed by atoms with Crippen LogP contribution in [0.2, 0.25) is 0 Å². The molecule has 0 radical (unpaired) electrons. The molecule has 2 heterocycles. The first kappa shape index (κ1) is 22.6. The van der Waals surface area contributed by atoms with Crippen molar-refractivity contribution in [1.29, 1.82) is 0 Å². The molecule has 1 saturated heterocycles. The number of carbonyl (C=O) groups excluding carboxylic acids is 1. The molecule has 1 fully saturated rings. The summed E-state index contributed by atoms with van der Waals surface area (Å²) >= 11 is 0. The molecular formula is C23H28N2O6S. The Morgan fingerprint density at radius 2 is 1.97 bits per heavy atom. The van der Waals surface area contributed by atoms with Crippen LogP contribution in [0.5, 0.6) is 5.75 Å². The van der Waals surface area contributed by atoms with Crippen LogP contribution in [-0.4, -0.2) is 57.2 Å². The van der Waals surface area contributed by atoms with Gasteiger partial charge in [-0.2, -0.15) is 0 Å². The first-order chi connectivity index (χ1) is 15.3. The van der Waals surface area contributed by atoms with E-state index in [4.69, 9.17) is 9.47 Å². The van der Waals surface area contributed by atoms with Gasteiger partial charge in [-0.25, -0.2) is 8.42 Å². The second-order valence-electron chi connectivity index (χ2n) is 8.32. The van der Waals surface area contributed by atoms with E-state index in [1.54, 1.807) is 18.2 Å². The van der Waals surface area contributed by atoms with Gasteiger partial charge in [-0.1, -0.05) is 30.3 Å². The fourth-order valence-corrected chi connectivity index (χ4v) is 4.99. The van der Waals surface area contributed by atoms with Crippen molar-refractivity contribution >= 4 is 21.6 Å². The van der Waals surface area contributed by atoms with E-state index < -0.39 is 16.1 Å². The molecule has 2 aliphatic rings. The number of carbonyl (C=O) groups is 1. The van der Waals surface area contributed by atoms with Crippen LogP contribution in [-0.2, 0) is 26.0 Å². The Labute approximate surface area is 188 Å². The monoisotopic (exact) mass is 460 g/mol. The Morgan fingerprint density at radius 1 is 1.19 bits per heavy atom. The van der Waals surface area contributed by atoms with Crippen LogP contribution < -0.4 is 14.8 Å². The molecule has 2 aliphatic heterocycles. The molecule has 0 unspecified atom stereocenters. The van der Waals surface area contributed by atoms with E-state index in [0.29, 0.717) is 24.4 Å². The minimum absolute atomic E-state index is 0.0978. The van der Waals surface area contributed by atoms with Crippen LogP contribution in [0.1, 0.15) is 29.9 Å². The zero-order valence-electron chi connectivity index (χ0n) is 17.9. The van der Waals surface area contributed by atoms with Crippen LogP contribution >= 0.6 is 0 Å². The summed E-state index contributed by atoms with van der Waals surface area (Å²) in [6.07, 6.45) is 1.27. The number of sulfonamides is 1. The summed E-state index contributed by atoms with van der Waals surface area (Å²) in [4.78, 5) is 12.5. The number of amides is 1. The van der Waals surface area contributed by atoms with E-state index >= 15 is 0 Å². The third kappa shape index (κ3) is 5.40. The molecule has 3 N–H and O–H groups in total. The maximum absolute atomic E-state index is 12.5. The van der Waals surface area contributed by atoms with Crippen LogP contribution in [0.3, 0.4) is 0 Å². The Kier molecular flexibility index (Phi) is 6.68. The number of benzene rings is 2. The molecule has 0 aromatic heterocycles. The Balaban J connectivity index is 1.40. The Hall–Kier alpha value is -2.62. The minimum Gasteiger partial charge on any atom is -0.487 e. The van der Waals surface area contributed by atoms with Gasteiger partial charge in [0.15, 0.2) is 0 Å². The summed E-state index contributed by atoms with van der Waals surface area (Å²) in [5, 5.41) is 12.8. The first-order valence-corrected chi connectivity index (χ1v) is 12.6. The van der Waals surface area contributed by atoms with Crippen molar-refractivity contribution in [3.05, 3.63) is 59.7 Å². The largest absolute Gasteiger partial charge is 0.487 e. The van der Waals surface area contributed by atoms with Crippen molar-refractivity contribution in [2.75, 3.05) is 24.1 Å². The lowest BCUT2D eigenvalue weighted by Gasteiger charge is -2.37. The van der Waals surface area contributed by atoms with Gasteiger partial charge < -0.3 is 19.9 Å². The fourth-order valence-electron chi connectivity index (χ4n) is 4.44. The summed E-state index contributed by atoms with van der Waals surface area (Å²) < 4.78 is 37.7. The molecule has 2 aromatic rings. The third-order valence-corrected chi connectivity index (χ3v) is 6.40. The molecule has 1 amide bonds. The van der Waals surface area contributed by atoms with Crippen LogP contribution in [0.15, 0.2) is 48.5 Å². The van der Waals surface area contributed by atoms with Crippen molar-refractivity contribution in [2.45, 2.75) is 43.5 Å². The highest BCUT2D eigenvalue weighted by Crippen LogP contribution is 2.47. The number of rotatable bonds is 8. The predicted octanol–water partition coefficient (Wildman–Crippen LogP) is 1.80. The van der Waals surface area contributed by atoms with Gasteiger partial charge in [0, 0.05) is 23.7 Å². The van der Waals surface area contributed by atoms with Gasteiger partial charge in [0.05, 0.1) is 25.4 Å². The van der Waals surface area contributed by atoms with Gasteiger partial charge in [0.1, 0.15) is 18.0 Å². The standard InChI is InChI=1S/C23H28N2O6S/c1-32(28,29)25-16-7-8-20-18(11-16)19-12-17(30-21(14-26)23(19)31-20)13-22(27)24-10-9-15-5-3-2-4-6-15/h2-8,11,17,19,21,23,25-26H,9-10,12-14H2,1H3,(H,24,27)/t17-,19+,21+,23-/m0/s1. The van der Waals surface area contributed by atoms with Gasteiger partial charge in [-0.15, -0.1) is 0 Å². The lowest BCUT2D eigenvalue weighted by Crippen LogP contribution is -2.47. The highest BCUT2D eigenvalue weighted by atomic mass is 32.2. The lowest BCUT2D eigenvalue weighted by atomic mass is 9.84. The predicted molar refractivity (Wildman–Crippen MR) is 120 cm³/mol. The molecule has 4 atom stereocenters. The molecule has 32 heavy (non-hydrogen) atoms. The second-order valence-corrected chi connectivity index (χ2v) is 10.1. The van der Waals surface area contributed by atoms with E-state index in [-0.39, 0.29) is 37.1 Å². The Bertz CT molecular complexity index is 1060. The molecule has 172 valence electrons. The molecular weight excluding hydrogens is 432 g/mol. The molecule has 0 bridgehead atoms. The number of fused-ring (bicyclic) bond motifs is 3. The number of ether oxygens (including phenoxy) is 2. The lowest BCUT2D eigenvalue weighted by molar-refractivity contribution is -0.142. The van der Waals surface area contributed by atoms with Crippen molar-refractivity contribution < 1.29 is 27.8 Å². The number of anilines is 1. The molecule has 0 spiro atoms. The van der Waals surface area contributed by atoms with E-state index in [1.807, 2.05) is 30.3 Å². The van der Waals surface area contributed by atoms with Crippen molar-refractivity contribution in [2.24, 2.45) is 0 Å². The zero-order valence-corrected chi connectivity index (χ0v) is 18.7. The molecule has 8 nitrogen and oxygen atoms in total. The molecule has 0 aliphatic carbocycles. The van der Waals surface area contributed by atoms with E-state index in [0.717, 1.165) is 23.8 Å². The average molecular weight is 461 g/mol. The van der Waals surface area contributed by atoms with Gasteiger partial charge in [-0.3, -0.25) is 9.52 Å².